The first kappa shape index (κ1) is 22.3. The van der Waals surface area contributed by atoms with E-state index in [9.17, 15) is 0 Å². The Labute approximate surface area is 145 Å². The molecule has 134 valence electrons. The number of ether oxygens (including phenoxy) is 2. The normalized spacial score (nSPS) is 15.0. The molecule has 0 aliphatic rings. The van der Waals surface area contributed by atoms with Gasteiger partial charge in [0.2, 0.25) is 0 Å². The summed E-state index contributed by atoms with van der Waals surface area (Å²) in [6.45, 7) is 6.66. The zero-order valence-corrected chi connectivity index (χ0v) is 16.6. The van der Waals surface area contributed by atoms with Gasteiger partial charge in [0.05, 0.1) is 0 Å². The molecule has 1 unspecified atom stereocenters. The maximum atomic E-state index is 5.85. The predicted molar refractivity (Wildman–Crippen MR) is 101 cm³/mol. The minimum atomic E-state index is -0.491. The maximum Gasteiger partial charge on any atom is 0.170 e. The van der Waals surface area contributed by atoms with Crippen molar-refractivity contribution in [3.63, 3.8) is 0 Å². The van der Waals surface area contributed by atoms with Gasteiger partial charge in [0, 0.05) is 19.6 Å². The van der Waals surface area contributed by atoms with E-state index < -0.39 is 5.79 Å². The average molecular weight is 333 g/mol. The fourth-order valence-corrected chi connectivity index (χ4v) is 3.87. The van der Waals surface area contributed by atoms with Crippen LogP contribution in [0.4, 0.5) is 0 Å². The summed E-state index contributed by atoms with van der Waals surface area (Å²) in [5, 5.41) is 0. The van der Waals surface area contributed by atoms with Crippen molar-refractivity contribution in [3.05, 3.63) is 0 Å². The molecule has 0 aromatic carbocycles. The molecule has 3 heteroatoms. The van der Waals surface area contributed by atoms with Crippen LogP contribution in [0.2, 0.25) is 0 Å². The van der Waals surface area contributed by atoms with Gasteiger partial charge in [-0.05, 0) is 38.4 Å². The first-order valence-corrected chi connectivity index (χ1v) is 9.90. The van der Waals surface area contributed by atoms with Gasteiger partial charge in [0.15, 0.2) is 5.79 Å². The lowest BCUT2D eigenvalue weighted by molar-refractivity contribution is -0.272. The summed E-state index contributed by atoms with van der Waals surface area (Å²) in [5.41, 5.74) is 0.110. The van der Waals surface area contributed by atoms with Crippen molar-refractivity contribution in [2.45, 2.75) is 97.2 Å². The molecule has 0 aliphatic carbocycles. The Morgan fingerprint density at radius 3 is 1.77 bits per heavy atom. The molecule has 0 bridgehead atoms. The summed E-state index contributed by atoms with van der Waals surface area (Å²) in [4.78, 5) is 0. The number of unbranched alkanes of at least 4 members (excludes halogenated alkanes) is 5. The Morgan fingerprint density at radius 1 is 0.727 bits per heavy atom. The quantitative estimate of drug-likeness (QED) is 0.217. The largest absolute Gasteiger partial charge is 0.353 e. The van der Waals surface area contributed by atoms with Crippen LogP contribution in [0.3, 0.4) is 0 Å². The fraction of sp³-hybridized carbons (Fsp3) is 1.00. The molecule has 22 heavy (non-hydrogen) atoms. The Kier molecular flexibility index (Phi) is 12.8. The molecule has 0 aromatic heterocycles. The molecule has 0 heterocycles. The predicted octanol–water partition coefficient (Wildman–Crippen LogP) is 6.24. The maximum absolute atomic E-state index is 5.85. The number of methoxy groups -OCH3 is 2. The van der Waals surface area contributed by atoms with Crippen LogP contribution in [0.15, 0.2) is 0 Å². The van der Waals surface area contributed by atoms with E-state index in [4.69, 9.17) is 9.47 Å². The van der Waals surface area contributed by atoms with E-state index in [0.717, 1.165) is 25.0 Å². The van der Waals surface area contributed by atoms with Gasteiger partial charge in [-0.1, -0.05) is 58.8 Å². The van der Waals surface area contributed by atoms with Gasteiger partial charge in [-0.25, -0.2) is 0 Å². The summed E-state index contributed by atoms with van der Waals surface area (Å²) >= 11 is 4.42. The van der Waals surface area contributed by atoms with Gasteiger partial charge >= 0.3 is 0 Å². The molecular formula is C19H40O2S. The van der Waals surface area contributed by atoms with Gasteiger partial charge in [0.25, 0.3) is 0 Å². The van der Waals surface area contributed by atoms with E-state index in [1.165, 1.54) is 51.4 Å². The molecule has 0 aliphatic heterocycles. The zero-order valence-electron chi connectivity index (χ0n) is 15.7. The Bertz CT molecular complexity index is 254. The lowest BCUT2D eigenvalue weighted by Crippen LogP contribution is -2.49. The van der Waals surface area contributed by atoms with E-state index in [1.807, 2.05) is 0 Å². The topological polar surface area (TPSA) is 18.5 Å². The van der Waals surface area contributed by atoms with Crippen LogP contribution in [0.25, 0.3) is 0 Å². The summed E-state index contributed by atoms with van der Waals surface area (Å²) in [6, 6.07) is 0. The first-order chi connectivity index (χ1) is 10.6. The van der Waals surface area contributed by atoms with Crippen LogP contribution in [0, 0.1) is 5.41 Å². The van der Waals surface area contributed by atoms with E-state index in [2.05, 4.69) is 33.4 Å². The molecule has 0 saturated heterocycles. The molecule has 0 radical (unpaired) electrons. The smallest absolute Gasteiger partial charge is 0.170 e. The molecule has 1 atom stereocenters. The van der Waals surface area contributed by atoms with Crippen molar-refractivity contribution in [1.29, 1.82) is 0 Å². The van der Waals surface area contributed by atoms with E-state index >= 15 is 0 Å². The lowest BCUT2D eigenvalue weighted by Gasteiger charge is -2.47. The van der Waals surface area contributed by atoms with Crippen LogP contribution in [0.1, 0.15) is 91.4 Å². The highest BCUT2D eigenvalue weighted by atomic mass is 32.1. The molecule has 0 spiro atoms. The molecule has 0 fully saturated rings. The zero-order chi connectivity index (χ0) is 16.9. The van der Waals surface area contributed by atoms with Gasteiger partial charge < -0.3 is 9.47 Å². The summed E-state index contributed by atoms with van der Waals surface area (Å²) in [6.07, 6.45) is 13.8. The third-order valence-electron chi connectivity index (χ3n) is 5.29. The van der Waals surface area contributed by atoms with E-state index in [0.29, 0.717) is 0 Å². The number of hydrogen-bond acceptors (Lipinski definition) is 3. The average Bonchev–Trinajstić information content (AvgIpc) is 2.54. The highest BCUT2D eigenvalue weighted by molar-refractivity contribution is 7.80. The number of hydrogen-bond donors (Lipinski definition) is 1. The Morgan fingerprint density at radius 2 is 1.27 bits per heavy atom. The number of thiol groups is 1. The van der Waals surface area contributed by atoms with Gasteiger partial charge in [0.1, 0.15) is 0 Å². The third-order valence-corrected chi connectivity index (χ3v) is 5.61. The summed E-state index contributed by atoms with van der Waals surface area (Å²) in [7, 11) is 3.58. The first-order valence-electron chi connectivity index (χ1n) is 9.27. The highest BCUT2D eigenvalue weighted by Gasteiger charge is 2.47. The van der Waals surface area contributed by atoms with Crippen LogP contribution in [-0.2, 0) is 9.47 Å². The van der Waals surface area contributed by atoms with Crippen LogP contribution in [0.5, 0.6) is 0 Å². The van der Waals surface area contributed by atoms with Gasteiger partial charge in [-0.15, -0.1) is 0 Å². The third kappa shape index (κ3) is 6.80. The van der Waals surface area contributed by atoms with Crippen molar-refractivity contribution in [3.8, 4) is 0 Å². The van der Waals surface area contributed by atoms with Crippen LogP contribution < -0.4 is 0 Å². The van der Waals surface area contributed by atoms with Crippen molar-refractivity contribution in [2.24, 2.45) is 5.41 Å². The monoisotopic (exact) mass is 332 g/mol. The lowest BCUT2D eigenvalue weighted by atomic mass is 9.69. The van der Waals surface area contributed by atoms with Crippen LogP contribution in [-0.4, -0.2) is 25.8 Å². The molecule has 0 aromatic rings. The molecule has 2 nitrogen and oxygen atoms in total. The standard InChI is InChI=1S/C19H40O2S/c1-6-8-9-10-11-12-15-19(14-7-2,16-13-17-22)18(3,20-4)21-5/h22H,6-17H2,1-5H3. The second-order valence-electron chi connectivity index (χ2n) is 6.73. The number of rotatable bonds is 15. The van der Waals surface area contributed by atoms with Crippen LogP contribution >= 0.6 is 12.6 Å². The fourth-order valence-electron chi connectivity index (χ4n) is 3.71. The molecule has 0 rings (SSSR count). The van der Waals surface area contributed by atoms with E-state index in [1.54, 1.807) is 14.2 Å². The van der Waals surface area contributed by atoms with Crippen molar-refractivity contribution in [1.82, 2.24) is 0 Å². The van der Waals surface area contributed by atoms with Crippen molar-refractivity contribution in [2.75, 3.05) is 20.0 Å². The molecule has 0 saturated carbocycles. The van der Waals surface area contributed by atoms with E-state index in [-0.39, 0.29) is 5.41 Å². The molecular weight excluding hydrogens is 292 g/mol. The Balaban J connectivity index is 4.80. The van der Waals surface area contributed by atoms with Crippen molar-refractivity contribution >= 4 is 12.6 Å². The minimum Gasteiger partial charge on any atom is -0.353 e. The molecule has 0 amide bonds. The summed E-state index contributed by atoms with van der Waals surface area (Å²) in [5.74, 6) is 0.445. The van der Waals surface area contributed by atoms with Gasteiger partial charge in [-0.3, -0.25) is 0 Å². The summed E-state index contributed by atoms with van der Waals surface area (Å²) < 4.78 is 11.7. The van der Waals surface area contributed by atoms with Gasteiger partial charge in [-0.2, -0.15) is 12.6 Å². The van der Waals surface area contributed by atoms with Crippen molar-refractivity contribution < 1.29 is 9.47 Å². The molecule has 0 N–H and O–H groups in total. The second kappa shape index (κ2) is 12.7. The highest BCUT2D eigenvalue weighted by Crippen LogP contribution is 2.47. The SMILES string of the molecule is CCCCCCCCC(CCC)(CCCS)C(C)(OC)OC. The second-order valence-corrected chi connectivity index (χ2v) is 7.18. The minimum absolute atomic E-state index is 0.110. The Hall–Kier alpha value is 0.270.